The van der Waals surface area contributed by atoms with E-state index in [2.05, 4.69) is 22.8 Å². The van der Waals surface area contributed by atoms with Crippen LogP contribution in [0.4, 0.5) is 0 Å². The van der Waals surface area contributed by atoms with Crippen LogP contribution in [0.2, 0.25) is 0 Å². The standard InChI is InChI=1S/C13H20N2O/c1-11-8-14-6-2-4-12(14)9-15(11)10-13-5-3-7-16-13/h3,5,7,11-12H,2,4,6,8-10H2,1H3/t11-,12?/m1/s1. The van der Waals surface area contributed by atoms with Crippen LogP contribution in [0.3, 0.4) is 0 Å². The number of piperazine rings is 1. The molecule has 0 aliphatic carbocycles. The molecule has 2 fully saturated rings. The van der Waals surface area contributed by atoms with E-state index in [1.54, 1.807) is 6.26 Å². The van der Waals surface area contributed by atoms with Crippen molar-refractivity contribution in [2.45, 2.75) is 38.4 Å². The molecule has 3 heteroatoms. The molecule has 16 heavy (non-hydrogen) atoms. The summed E-state index contributed by atoms with van der Waals surface area (Å²) < 4.78 is 5.44. The highest BCUT2D eigenvalue weighted by Gasteiger charge is 2.34. The Hall–Kier alpha value is -0.800. The number of hydrogen-bond acceptors (Lipinski definition) is 3. The summed E-state index contributed by atoms with van der Waals surface area (Å²) >= 11 is 0. The summed E-state index contributed by atoms with van der Waals surface area (Å²) in [6.07, 6.45) is 4.53. The Bertz CT molecular complexity index is 336. The van der Waals surface area contributed by atoms with Crippen molar-refractivity contribution in [2.24, 2.45) is 0 Å². The molecule has 0 bridgehead atoms. The van der Waals surface area contributed by atoms with Gasteiger partial charge in [0, 0.05) is 25.2 Å². The molecule has 88 valence electrons. The predicted octanol–water partition coefficient (Wildman–Crippen LogP) is 1.95. The smallest absolute Gasteiger partial charge is 0.117 e. The van der Waals surface area contributed by atoms with Crippen molar-refractivity contribution in [1.29, 1.82) is 0 Å². The van der Waals surface area contributed by atoms with Gasteiger partial charge in [0.25, 0.3) is 0 Å². The Morgan fingerprint density at radius 2 is 2.38 bits per heavy atom. The maximum Gasteiger partial charge on any atom is 0.117 e. The van der Waals surface area contributed by atoms with Crippen molar-refractivity contribution in [3.8, 4) is 0 Å². The summed E-state index contributed by atoms with van der Waals surface area (Å²) in [4.78, 5) is 5.22. The molecule has 1 unspecified atom stereocenters. The monoisotopic (exact) mass is 220 g/mol. The van der Waals surface area contributed by atoms with Gasteiger partial charge in [-0.1, -0.05) is 0 Å². The summed E-state index contributed by atoms with van der Waals surface area (Å²) in [5, 5.41) is 0. The summed E-state index contributed by atoms with van der Waals surface area (Å²) in [5.41, 5.74) is 0. The zero-order valence-corrected chi connectivity index (χ0v) is 9.93. The summed E-state index contributed by atoms with van der Waals surface area (Å²) in [5.74, 6) is 1.10. The number of hydrogen-bond donors (Lipinski definition) is 0. The van der Waals surface area contributed by atoms with Crippen molar-refractivity contribution in [1.82, 2.24) is 9.80 Å². The molecule has 3 heterocycles. The summed E-state index contributed by atoms with van der Waals surface area (Å²) in [6.45, 7) is 7.05. The Kier molecular flexibility index (Phi) is 2.74. The molecule has 2 aliphatic rings. The van der Waals surface area contributed by atoms with Gasteiger partial charge in [0.05, 0.1) is 12.8 Å². The minimum atomic E-state index is 0.652. The van der Waals surface area contributed by atoms with Gasteiger partial charge in [-0.05, 0) is 38.4 Å². The Morgan fingerprint density at radius 1 is 1.44 bits per heavy atom. The van der Waals surface area contributed by atoms with Crippen LogP contribution in [0.15, 0.2) is 22.8 Å². The molecule has 0 radical (unpaired) electrons. The van der Waals surface area contributed by atoms with E-state index >= 15 is 0 Å². The Morgan fingerprint density at radius 3 is 3.19 bits per heavy atom. The van der Waals surface area contributed by atoms with Crippen LogP contribution in [0, 0.1) is 0 Å². The maximum absolute atomic E-state index is 5.44. The van der Waals surface area contributed by atoms with Gasteiger partial charge in [-0.25, -0.2) is 0 Å². The van der Waals surface area contributed by atoms with Crippen LogP contribution in [-0.4, -0.2) is 41.5 Å². The molecule has 3 rings (SSSR count). The largest absolute Gasteiger partial charge is 0.468 e. The van der Waals surface area contributed by atoms with Gasteiger partial charge in [-0.3, -0.25) is 9.80 Å². The maximum atomic E-state index is 5.44. The molecular weight excluding hydrogens is 200 g/mol. The first-order chi connectivity index (χ1) is 7.83. The predicted molar refractivity (Wildman–Crippen MR) is 63.2 cm³/mol. The SMILES string of the molecule is C[C@@H]1CN2CCCC2CN1Cc1ccco1. The van der Waals surface area contributed by atoms with E-state index in [0.717, 1.165) is 18.3 Å². The van der Waals surface area contributed by atoms with Crippen LogP contribution in [0.25, 0.3) is 0 Å². The van der Waals surface area contributed by atoms with Crippen LogP contribution in [0.5, 0.6) is 0 Å². The van der Waals surface area contributed by atoms with E-state index in [0.29, 0.717) is 6.04 Å². The highest BCUT2D eigenvalue weighted by atomic mass is 16.3. The lowest BCUT2D eigenvalue weighted by atomic mass is 10.1. The zero-order chi connectivity index (χ0) is 11.0. The van der Waals surface area contributed by atoms with E-state index in [9.17, 15) is 0 Å². The average Bonchev–Trinajstić information content (AvgIpc) is 2.89. The molecule has 0 amide bonds. The molecule has 2 aliphatic heterocycles. The number of furan rings is 1. The minimum Gasteiger partial charge on any atom is -0.468 e. The van der Waals surface area contributed by atoms with Gasteiger partial charge in [0.2, 0.25) is 0 Å². The van der Waals surface area contributed by atoms with Crippen LogP contribution >= 0.6 is 0 Å². The lowest BCUT2D eigenvalue weighted by Crippen LogP contribution is -2.54. The van der Waals surface area contributed by atoms with Gasteiger partial charge in [0.1, 0.15) is 5.76 Å². The molecule has 0 saturated carbocycles. The van der Waals surface area contributed by atoms with Crippen LogP contribution in [-0.2, 0) is 6.54 Å². The summed E-state index contributed by atoms with van der Waals surface area (Å²) in [6, 6.07) is 5.50. The van der Waals surface area contributed by atoms with Gasteiger partial charge < -0.3 is 4.42 Å². The van der Waals surface area contributed by atoms with E-state index in [1.165, 1.54) is 32.5 Å². The summed E-state index contributed by atoms with van der Waals surface area (Å²) in [7, 11) is 0. The molecule has 0 N–H and O–H groups in total. The topological polar surface area (TPSA) is 19.6 Å². The molecule has 0 spiro atoms. The van der Waals surface area contributed by atoms with Gasteiger partial charge in [0.15, 0.2) is 0 Å². The van der Waals surface area contributed by atoms with Gasteiger partial charge >= 0.3 is 0 Å². The second-order valence-electron chi connectivity index (χ2n) is 5.15. The lowest BCUT2D eigenvalue weighted by Gasteiger charge is -2.41. The van der Waals surface area contributed by atoms with Crippen LogP contribution in [0.1, 0.15) is 25.5 Å². The third-order valence-electron chi connectivity index (χ3n) is 4.01. The highest BCUT2D eigenvalue weighted by Crippen LogP contribution is 2.25. The fourth-order valence-corrected chi connectivity index (χ4v) is 3.07. The first kappa shape index (κ1) is 10.4. The van der Waals surface area contributed by atoms with Gasteiger partial charge in [-0.15, -0.1) is 0 Å². The molecular formula is C13H20N2O. The van der Waals surface area contributed by atoms with Gasteiger partial charge in [-0.2, -0.15) is 0 Å². The molecule has 3 nitrogen and oxygen atoms in total. The van der Waals surface area contributed by atoms with Crippen molar-refractivity contribution in [3.63, 3.8) is 0 Å². The van der Waals surface area contributed by atoms with E-state index < -0.39 is 0 Å². The fourth-order valence-electron chi connectivity index (χ4n) is 3.07. The molecule has 2 saturated heterocycles. The fraction of sp³-hybridized carbons (Fsp3) is 0.692. The van der Waals surface area contributed by atoms with Crippen molar-refractivity contribution in [3.05, 3.63) is 24.2 Å². The zero-order valence-electron chi connectivity index (χ0n) is 9.93. The molecule has 1 aromatic heterocycles. The van der Waals surface area contributed by atoms with E-state index in [4.69, 9.17) is 4.42 Å². The van der Waals surface area contributed by atoms with E-state index in [-0.39, 0.29) is 0 Å². The van der Waals surface area contributed by atoms with Crippen molar-refractivity contribution >= 4 is 0 Å². The minimum absolute atomic E-state index is 0.652. The number of nitrogens with zero attached hydrogens (tertiary/aromatic N) is 2. The average molecular weight is 220 g/mol. The van der Waals surface area contributed by atoms with E-state index in [1.807, 2.05) is 6.07 Å². The second kappa shape index (κ2) is 4.22. The van der Waals surface area contributed by atoms with Crippen LogP contribution < -0.4 is 0 Å². The lowest BCUT2D eigenvalue weighted by molar-refractivity contribution is 0.0494. The first-order valence-corrected chi connectivity index (χ1v) is 6.33. The van der Waals surface area contributed by atoms with Crippen molar-refractivity contribution in [2.75, 3.05) is 19.6 Å². The van der Waals surface area contributed by atoms with Crippen molar-refractivity contribution < 1.29 is 4.42 Å². The molecule has 2 atom stereocenters. The quantitative estimate of drug-likeness (QED) is 0.759. The molecule has 0 aromatic carbocycles. The third-order valence-corrected chi connectivity index (χ3v) is 4.01. The molecule has 1 aromatic rings. The number of fused-ring (bicyclic) bond motifs is 1. The first-order valence-electron chi connectivity index (χ1n) is 6.33. The second-order valence-corrected chi connectivity index (χ2v) is 5.15. The normalized spacial score (nSPS) is 31.8. The highest BCUT2D eigenvalue weighted by molar-refractivity contribution is 5.00. The number of rotatable bonds is 2. The third kappa shape index (κ3) is 1.89. The Labute approximate surface area is 97.0 Å². The Balaban J connectivity index is 1.66.